The van der Waals surface area contributed by atoms with Crippen LogP contribution in [0.3, 0.4) is 0 Å². The van der Waals surface area contributed by atoms with Crippen LogP contribution in [0.1, 0.15) is 49.9 Å². The zero-order valence-electron chi connectivity index (χ0n) is 36.3. The third-order valence-electron chi connectivity index (χ3n) is 15.1. The summed E-state index contributed by atoms with van der Waals surface area (Å²) in [6.45, 7) is 9.60. The van der Waals surface area contributed by atoms with E-state index in [-0.39, 0.29) is 10.8 Å². The molecule has 2 heterocycles. The second-order valence-corrected chi connectivity index (χ2v) is 19.2. The third kappa shape index (κ3) is 4.65. The highest BCUT2D eigenvalue weighted by Crippen LogP contribution is 2.57. The molecule has 12 aromatic rings. The first kappa shape index (κ1) is 35.9. The van der Waals surface area contributed by atoms with Crippen molar-refractivity contribution in [3.8, 4) is 50.2 Å². The van der Waals surface area contributed by atoms with Crippen molar-refractivity contribution in [2.75, 3.05) is 0 Å². The highest BCUT2D eigenvalue weighted by molar-refractivity contribution is 6.20. The molecule has 2 aliphatic carbocycles. The number of hydrogen-bond acceptors (Lipinski definition) is 1. The summed E-state index contributed by atoms with van der Waals surface area (Å²) in [5.41, 5.74) is 20.7. The minimum Gasteiger partial charge on any atom is -0.456 e. The molecule has 0 saturated heterocycles. The highest BCUT2D eigenvalue weighted by atomic mass is 16.3. The predicted molar refractivity (Wildman–Crippen MR) is 269 cm³/mol. The van der Waals surface area contributed by atoms with Gasteiger partial charge < -0.3 is 8.98 Å². The van der Waals surface area contributed by atoms with Gasteiger partial charge in [-0.2, -0.15) is 0 Å². The van der Waals surface area contributed by atoms with Crippen molar-refractivity contribution >= 4 is 65.3 Å². The molecule has 0 unspecified atom stereocenters. The van der Waals surface area contributed by atoms with Gasteiger partial charge in [0.15, 0.2) is 0 Å². The van der Waals surface area contributed by atoms with E-state index in [0.29, 0.717) is 0 Å². The van der Waals surface area contributed by atoms with Gasteiger partial charge in [-0.1, -0.05) is 155 Å². The van der Waals surface area contributed by atoms with Crippen LogP contribution in [-0.2, 0) is 10.8 Å². The Morgan fingerprint density at radius 2 is 0.750 bits per heavy atom. The van der Waals surface area contributed by atoms with E-state index < -0.39 is 0 Å². The Labute approximate surface area is 371 Å². The van der Waals surface area contributed by atoms with Crippen LogP contribution in [0.5, 0.6) is 0 Å². The van der Waals surface area contributed by atoms with E-state index in [4.69, 9.17) is 4.42 Å². The van der Waals surface area contributed by atoms with Gasteiger partial charge in [-0.25, -0.2) is 0 Å². The lowest BCUT2D eigenvalue weighted by atomic mass is 9.80. The average Bonchev–Trinajstić information content (AvgIpc) is 3.98. The van der Waals surface area contributed by atoms with Gasteiger partial charge in [-0.05, 0) is 149 Å². The molecule has 0 N–H and O–H groups in total. The zero-order valence-corrected chi connectivity index (χ0v) is 36.3. The molecule has 64 heavy (non-hydrogen) atoms. The van der Waals surface area contributed by atoms with Crippen molar-refractivity contribution < 1.29 is 4.42 Å². The van der Waals surface area contributed by atoms with Crippen LogP contribution in [0.4, 0.5) is 0 Å². The Morgan fingerprint density at radius 3 is 1.31 bits per heavy atom. The Morgan fingerprint density at radius 1 is 0.328 bits per heavy atom. The molecular weight excluding hydrogens is 775 g/mol. The molecule has 0 fully saturated rings. The second kappa shape index (κ2) is 12.5. The van der Waals surface area contributed by atoms with Gasteiger partial charge in [0.2, 0.25) is 0 Å². The van der Waals surface area contributed by atoms with Crippen molar-refractivity contribution in [3.05, 3.63) is 210 Å². The largest absolute Gasteiger partial charge is 0.456 e. The van der Waals surface area contributed by atoms with Crippen LogP contribution in [0.15, 0.2) is 192 Å². The van der Waals surface area contributed by atoms with Gasteiger partial charge in [0.1, 0.15) is 11.2 Å². The van der Waals surface area contributed by atoms with Gasteiger partial charge in [0, 0.05) is 38.1 Å². The Kier molecular flexibility index (Phi) is 7.00. The molecule has 0 radical (unpaired) electrons. The molecule has 0 spiro atoms. The number of benzene rings is 10. The maximum absolute atomic E-state index is 7.02. The fourth-order valence-corrected chi connectivity index (χ4v) is 12.0. The normalized spacial score (nSPS) is 14.5. The Balaban J connectivity index is 1.02. The van der Waals surface area contributed by atoms with Crippen molar-refractivity contribution in [2.24, 2.45) is 0 Å². The lowest BCUT2D eigenvalue weighted by Gasteiger charge is -2.23. The summed E-state index contributed by atoms with van der Waals surface area (Å²) in [5, 5.41) is 9.90. The maximum Gasteiger partial charge on any atom is 0.136 e. The second-order valence-electron chi connectivity index (χ2n) is 19.2. The summed E-state index contributed by atoms with van der Waals surface area (Å²) < 4.78 is 9.50. The fourth-order valence-electron chi connectivity index (χ4n) is 12.0. The van der Waals surface area contributed by atoms with Crippen LogP contribution in [0, 0.1) is 0 Å². The van der Waals surface area contributed by atoms with Crippen molar-refractivity contribution in [1.82, 2.24) is 4.57 Å². The molecule has 0 atom stereocenters. The number of aromatic nitrogens is 1. The summed E-state index contributed by atoms with van der Waals surface area (Å²) >= 11 is 0. The molecule has 0 saturated carbocycles. The first-order valence-electron chi connectivity index (χ1n) is 22.6. The number of hydrogen-bond donors (Lipinski definition) is 0. The smallest absolute Gasteiger partial charge is 0.136 e. The molecular formula is C62H43NO. The Bertz CT molecular complexity index is 3980. The lowest BCUT2D eigenvalue weighted by molar-refractivity contribution is 0.658. The van der Waals surface area contributed by atoms with Crippen LogP contribution < -0.4 is 0 Å². The van der Waals surface area contributed by atoms with Gasteiger partial charge in [-0.3, -0.25) is 0 Å². The molecule has 0 amide bonds. The maximum atomic E-state index is 7.02. The van der Waals surface area contributed by atoms with Crippen molar-refractivity contribution in [2.45, 2.75) is 38.5 Å². The minimum atomic E-state index is -0.216. The molecule has 0 bridgehead atoms. The standard InChI is InChI=1S/C62H43NO/c1-61(2)51-30-45-46-34-57-48(47-31-52-50(35-58(47)64-57)60-42-27-17-15-25-40(42)44(29-54(60)62(52,3)4)37-20-10-6-11-21-37)32-55(46)63(38-22-12-7-13-23-38)56(45)33-49(51)59-41-26-16-14-24-39(41)43(28-53(59)61)36-18-8-5-9-19-36/h5-35H,1-4H3. The van der Waals surface area contributed by atoms with E-state index in [1.54, 1.807) is 0 Å². The molecule has 14 rings (SSSR count). The zero-order chi connectivity index (χ0) is 42.6. The monoisotopic (exact) mass is 817 g/mol. The van der Waals surface area contributed by atoms with Crippen LogP contribution in [0.2, 0.25) is 0 Å². The summed E-state index contributed by atoms with van der Waals surface area (Å²) in [6, 6.07) is 69.9. The number of rotatable bonds is 3. The van der Waals surface area contributed by atoms with Crippen molar-refractivity contribution in [1.29, 1.82) is 0 Å². The minimum absolute atomic E-state index is 0.214. The molecule has 302 valence electrons. The van der Waals surface area contributed by atoms with Gasteiger partial charge in [0.05, 0.1) is 11.0 Å². The lowest BCUT2D eigenvalue weighted by Crippen LogP contribution is -2.15. The van der Waals surface area contributed by atoms with E-state index in [9.17, 15) is 0 Å². The van der Waals surface area contributed by atoms with E-state index >= 15 is 0 Å². The first-order valence-corrected chi connectivity index (χ1v) is 22.6. The van der Waals surface area contributed by atoms with Crippen molar-refractivity contribution in [3.63, 3.8) is 0 Å². The number of fused-ring (bicyclic) bond motifs is 16. The number of para-hydroxylation sites is 1. The molecule has 2 aliphatic rings. The molecule has 10 aromatic carbocycles. The van der Waals surface area contributed by atoms with Gasteiger partial charge in [0.25, 0.3) is 0 Å². The summed E-state index contributed by atoms with van der Waals surface area (Å²) in [6.07, 6.45) is 0. The quantitative estimate of drug-likeness (QED) is 0.174. The van der Waals surface area contributed by atoms with E-state index in [0.717, 1.165) is 27.6 Å². The summed E-state index contributed by atoms with van der Waals surface area (Å²) in [5.74, 6) is 0. The Hall–Kier alpha value is -7.68. The van der Waals surface area contributed by atoms with E-state index in [1.165, 1.54) is 110 Å². The predicted octanol–water partition coefficient (Wildman–Crippen LogP) is 16.9. The summed E-state index contributed by atoms with van der Waals surface area (Å²) in [4.78, 5) is 0. The molecule has 2 nitrogen and oxygen atoms in total. The first-order chi connectivity index (χ1) is 31.3. The SMILES string of the molecule is CC1(C)c2cc3c(cc2-c2c1cc(-c1ccccc1)c1ccccc21)oc1cc2c4cc5c(cc4n(-c4ccccc4)c2cc13)-c1c(cc(-c2ccccc2)c2ccccc12)C5(C)C. The van der Waals surface area contributed by atoms with Gasteiger partial charge >= 0.3 is 0 Å². The third-order valence-corrected chi connectivity index (χ3v) is 15.1. The molecule has 0 aliphatic heterocycles. The molecule has 2 aromatic heterocycles. The summed E-state index contributed by atoms with van der Waals surface area (Å²) in [7, 11) is 0. The van der Waals surface area contributed by atoms with E-state index in [2.05, 4.69) is 220 Å². The fraction of sp³-hybridized carbons (Fsp3) is 0.0968. The molecule has 2 heteroatoms. The van der Waals surface area contributed by atoms with Crippen LogP contribution in [-0.4, -0.2) is 4.57 Å². The van der Waals surface area contributed by atoms with E-state index in [1.807, 2.05) is 0 Å². The highest BCUT2D eigenvalue weighted by Gasteiger charge is 2.40. The average molecular weight is 818 g/mol. The number of furan rings is 1. The van der Waals surface area contributed by atoms with Crippen LogP contribution in [0.25, 0.3) is 115 Å². The topological polar surface area (TPSA) is 18.1 Å². The van der Waals surface area contributed by atoms with Crippen LogP contribution >= 0.6 is 0 Å². The number of nitrogens with zero attached hydrogens (tertiary/aromatic N) is 1. The van der Waals surface area contributed by atoms with Gasteiger partial charge in [-0.15, -0.1) is 0 Å².